The average molecular weight is 201 g/mol. The van der Waals surface area contributed by atoms with Crippen molar-refractivity contribution in [3.63, 3.8) is 0 Å². The quantitative estimate of drug-likeness (QED) is 0.571. The first-order valence-corrected chi connectivity index (χ1v) is 4.03. The fourth-order valence-electron chi connectivity index (χ4n) is 0.894. The van der Waals surface area contributed by atoms with Crippen LogP contribution in [0, 0.1) is 0 Å². The molecule has 0 heterocycles. The third-order valence-electron chi connectivity index (χ3n) is 1.56. The van der Waals surface area contributed by atoms with Crippen molar-refractivity contribution < 1.29 is 23.4 Å². The van der Waals surface area contributed by atoms with E-state index in [9.17, 15) is 13.2 Å². The molecule has 0 aliphatic carbocycles. The van der Waals surface area contributed by atoms with Crippen LogP contribution in [0.25, 0.3) is 0 Å². The van der Waals surface area contributed by atoms with Crippen LogP contribution in [0.3, 0.4) is 0 Å². The van der Waals surface area contributed by atoms with E-state index in [0.717, 1.165) is 0 Å². The highest BCUT2D eigenvalue weighted by Gasteiger charge is 2.39. The van der Waals surface area contributed by atoms with Crippen LogP contribution in [0.5, 0.6) is 0 Å². The molecule has 13 heavy (non-hydrogen) atoms. The lowest BCUT2D eigenvalue weighted by Crippen LogP contribution is -2.48. The van der Waals surface area contributed by atoms with E-state index in [1.807, 2.05) is 5.32 Å². The molecule has 0 amide bonds. The van der Waals surface area contributed by atoms with Gasteiger partial charge in [0.25, 0.3) is 0 Å². The summed E-state index contributed by atoms with van der Waals surface area (Å²) in [5, 5.41) is 19.1. The number of nitrogens with one attached hydrogen (secondary N) is 1. The van der Waals surface area contributed by atoms with Crippen LogP contribution in [-0.4, -0.2) is 35.3 Å². The molecule has 3 N–H and O–H groups in total. The lowest BCUT2D eigenvalue weighted by molar-refractivity contribution is -0.216. The van der Waals surface area contributed by atoms with E-state index >= 15 is 0 Å². The molecular formula is C7H14F3NO2. The first-order chi connectivity index (χ1) is 5.91. The van der Waals surface area contributed by atoms with Crippen molar-refractivity contribution in [2.24, 2.45) is 0 Å². The molecule has 80 valence electrons. The second kappa shape index (κ2) is 5.41. The summed E-state index contributed by atoms with van der Waals surface area (Å²) in [6.07, 6.45) is -6.20. The van der Waals surface area contributed by atoms with Gasteiger partial charge in [-0.05, 0) is 6.42 Å². The maximum Gasteiger partial charge on any atom is 0.427 e. The van der Waals surface area contributed by atoms with Crippen molar-refractivity contribution in [3.05, 3.63) is 0 Å². The summed E-state index contributed by atoms with van der Waals surface area (Å²) in [5.41, 5.74) is 0. The first-order valence-electron chi connectivity index (χ1n) is 4.03. The molecule has 0 radical (unpaired) electrons. The summed E-state index contributed by atoms with van der Waals surface area (Å²) < 4.78 is 35.4. The topological polar surface area (TPSA) is 52.5 Å². The highest BCUT2D eigenvalue weighted by atomic mass is 19.4. The zero-order chi connectivity index (χ0) is 10.5. The molecule has 0 saturated heterocycles. The van der Waals surface area contributed by atoms with Gasteiger partial charge in [-0.15, -0.1) is 0 Å². The van der Waals surface area contributed by atoms with Gasteiger partial charge in [-0.1, -0.05) is 13.3 Å². The van der Waals surface area contributed by atoms with Crippen molar-refractivity contribution >= 4 is 0 Å². The third-order valence-corrected chi connectivity index (χ3v) is 1.56. The van der Waals surface area contributed by atoms with E-state index in [2.05, 4.69) is 0 Å². The molecule has 2 unspecified atom stereocenters. The van der Waals surface area contributed by atoms with E-state index in [1.54, 1.807) is 6.92 Å². The summed E-state index contributed by atoms with van der Waals surface area (Å²) in [5.74, 6) is 0. The van der Waals surface area contributed by atoms with Crippen LogP contribution in [0.2, 0.25) is 0 Å². The molecule has 0 aliphatic heterocycles. The summed E-state index contributed by atoms with van der Waals surface area (Å²) in [7, 11) is 0. The number of rotatable bonds is 5. The van der Waals surface area contributed by atoms with Gasteiger partial charge in [0.15, 0.2) is 0 Å². The Hall–Kier alpha value is -0.330. The van der Waals surface area contributed by atoms with Crippen LogP contribution >= 0.6 is 0 Å². The van der Waals surface area contributed by atoms with Crippen molar-refractivity contribution in [2.75, 3.05) is 6.61 Å². The largest absolute Gasteiger partial charge is 0.427 e. The predicted molar refractivity (Wildman–Crippen MR) is 41.0 cm³/mol. The Labute approximate surface area is 74.6 Å². The minimum Gasteiger partial charge on any atom is -0.395 e. The molecule has 0 aromatic rings. The highest BCUT2D eigenvalue weighted by Crippen LogP contribution is 2.18. The molecule has 0 aliphatic rings. The minimum atomic E-state index is -4.68. The lowest BCUT2D eigenvalue weighted by Gasteiger charge is -2.21. The van der Waals surface area contributed by atoms with Crippen LogP contribution < -0.4 is 5.32 Å². The Balaban J connectivity index is 3.93. The Kier molecular flexibility index (Phi) is 5.27. The number of hydrogen-bond donors (Lipinski definition) is 3. The average Bonchev–Trinajstić information content (AvgIpc) is 2.01. The number of hydrogen-bond acceptors (Lipinski definition) is 3. The molecule has 0 aromatic heterocycles. The molecule has 6 heteroatoms. The Bertz CT molecular complexity index is 140. The fraction of sp³-hybridized carbons (Fsp3) is 1.00. The molecule has 0 rings (SSSR count). The van der Waals surface area contributed by atoms with Crippen molar-refractivity contribution in [1.82, 2.24) is 5.32 Å². The smallest absolute Gasteiger partial charge is 0.395 e. The molecule has 2 atom stereocenters. The highest BCUT2D eigenvalue weighted by molar-refractivity contribution is 4.71. The molecule has 0 fully saturated rings. The lowest BCUT2D eigenvalue weighted by atomic mass is 10.2. The number of halogens is 3. The van der Waals surface area contributed by atoms with Crippen LogP contribution in [0.4, 0.5) is 13.2 Å². The fourth-order valence-corrected chi connectivity index (χ4v) is 0.894. The van der Waals surface area contributed by atoms with Gasteiger partial charge in [0, 0.05) is 6.04 Å². The summed E-state index contributed by atoms with van der Waals surface area (Å²) in [4.78, 5) is 0. The maximum atomic E-state index is 11.8. The first kappa shape index (κ1) is 12.7. The zero-order valence-corrected chi connectivity index (χ0v) is 7.30. The Morgan fingerprint density at radius 1 is 1.38 bits per heavy atom. The Morgan fingerprint density at radius 2 is 1.92 bits per heavy atom. The molecule has 0 aromatic carbocycles. The van der Waals surface area contributed by atoms with Gasteiger partial charge in [0.2, 0.25) is 6.23 Å². The third kappa shape index (κ3) is 5.07. The van der Waals surface area contributed by atoms with E-state index in [1.165, 1.54) is 0 Å². The standard InChI is InChI=1S/C7H14F3NO2/c1-2-3-5(4-12)11-6(13)7(8,9)10/h5-6,11-13H,2-4H2,1H3. The van der Waals surface area contributed by atoms with Gasteiger partial charge in [-0.2, -0.15) is 13.2 Å². The van der Waals surface area contributed by atoms with Crippen molar-refractivity contribution in [2.45, 2.75) is 38.2 Å². The van der Waals surface area contributed by atoms with Crippen molar-refractivity contribution in [1.29, 1.82) is 0 Å². The monoisotopic (exact) mass is 201 g/mol. The molecule has 0 spiro atoms. The molecule has 0 bridgehead atoms. The number of aliphatic hydroxyl groups excluding tert-OH is 2. The number of alkyl halides is 3. The van der Waals surface area contributed by atoms with Gasteiger partial charge < -0.3 is 10.2 Å². The van der Waals surface area contributed by atoms with E-state index < -0.39 is 25.1 Å². The predicted octanol–water partition coefficient (Wildman–Crippen LogP) is 0.618. The van der Waals surface area contributed by atoms with Gasteiger partial charge in [-0.3, -0.25) is 5.32 Å². The number of aliphatic hydroxyl groups is 2. The van der Waals surface area contributed by atoms with Gasteiger partial charge >= 0.3 is 6.18 Å². The van der Waals surface area contributed by atoms with Crippen molar-refractivity contribution in [3.8, 4) is 0 Å². The zero-order valence-electron chi connectivity index (χ0n) is 7.30. The Morgan fingerprint density at radius 3 is 2.23 bits per heavy atom. The molecular weight excluding hydrogens is 187 g/mol. The second-order valence-corrected chi connectivity index (χ2v) is 2.78. The SMILES string of the molecule is CCCC(CO)NC(O)C(F)(F)F. The second-order valence-electron chi connectivity index (χ2n) is 2.78. The summed E-state index contributed by atoms with van der Waals surface area (Å²) >= 11 is 0. The van der Waals surface area contributed by atoms with Gasteiger partial charge in [-0.25, -0.2) is 0 Å². The molecule has 0 saturated carbocycles. The summed E-state index contributed by atoms with van der Waals surface area (Å²) in [6, 6.07) is -0.707. The van der Waals surface area contributed by atoms with E-state index in [0.29, 0.717) is 12.8 Å². The van der Waals surface area contributed by atoms with Crippen LogP contribution in [-0.2, 0) is 0 Å². The maximum absolute atomic E-state index is 11.8. The normalized spacial score (nSPS) is 17.1. The van der Waals surface area contributed by atoms with Crippen LogP contribution in [0.1, 0.15) is 19.8 Å². The van der Waals surface area contributed by atoms with Gasteiger partial charge in [0.1, 0.15) is 0 Å². The van der Waals surface area contributed by atoms with Crippen LogP contribution in [0.15, 0.2) is 0 Å². The minimum absolute atomic E-state index is 0.393. The van der Waals surface area contributed by atoms with E-state index in [4.69, 9.17) is 10.2 Å². The van der Waals surface area contributed by atoms with E-state index in [-0.39, 0.29) is 0 Å². The molecule has 3 nitrogen and oxygen atoms in total. The van der Waals surface area contributed by atoms with Gasteiger partial charge in [0.05, 0.1) is 6.61 Å². The summed E-state index contributed by atoms with van der Waals surface area (Å²) in [6.45, 7) is 1.37.